The third-order valence-corrected chi connectivity index (χ3v) is 6.24. The second-order valence-electron chi connectivity index (χ2n) is 5.51. The number of nitrogens with one attached hydrogen (secondary N) is 1. The lowest BCUT2D eigenvalue weighted by Gasteiger charge is -2.33. The fourth-order valence-electron chi connectivity index (χ4n) is 3.12. The van der Waals surface area contributed by atoms with Gasteiger partial charge in [0.1, 0.15) is 5.75 Å². The molecule has 5 nitrogen and oxygen atoms in total. The van der Waals surface area contributed by atoms with Gasteiger partial charge in [0.05, 0.1) is 12.0 Å². The molecule has 2 unspecified atom stereocenters. The second kappa shape index (κ2) is 5.35. The maximum Gasteiger partial charge on any atom is 0.243 e. The quantitative estimate of drug-likeness (QED) is 0.901. The molecule has 2 aliphatic rings. The van der Waals surface area contributed by atoms with E-state index in [4.69, 9.17) is 4.74 Å². The summed E-state index contributed by atoms with van der Waals surface area (Å²) < 4.78 is 32.0. The Bertz CT molecular complexity index is 571. The molecule has 2 fully saturated rings. The number of benzene rings is 1. The fourth-order valence-corrected chi connectivity index (χ4v) is 4.63. The van der Waals surface area contributed by atoms with E-state index in [1.54, 1.807) is 35.7 Å². The van der Waals surface area contributed by atoms with E-state index in [1.165, 1.54) is 0 Å². The summed E-state index contributed by atoms with van der Waals surface area (Å²) in [5, 5.41) is 3.35. The van der Waals surface area contributed by atoms with Gasteiger partial charge < -0.3 is 10.1 Å². The lowest BCUT2D eigenvalue weighted by molar-refractivity contribution is 0.228. The van der Waals surface area contributed by atoms with Crippen LogP contribution in [0.3, 0.4) is 0 Å². The summed E-state index contributed by atoms with van der Waals surface area (Å²) in [6.45, 7) is 3.21. The summed E-state index contributed by atoms with van der Waals surface area (Å²) >= 11 is 0. The van der Waals surface area contributed by atoms with Crippen LogP contribution in [0, 0.1) is 11.8 Å². The predicted molar refractivity (Wildman–Crippen MR) is 76.2 cm³/mol. The van der Waals surface area contributed by atoms with Gasteiger partial charge in [0, 0.05) is 13.1 Å². The molecule has 0 spiro atoms. The molecule has 1 N–H and O–H groups in total. The van der Waals surface area contributed by atoms with Gasteiger partial charge in [-0.15, -0.1) is 0 Å². The predicted octanol–water partition coefficient (Wildman–Crippen LogP) is 0.925. The normalized spacial score (nSPS) is 27.2. The largest absolute Gasteiger partial charge is 0.497 e. The first kappa shape index (κ1) is 13.9. The molecule has 0 amide bonds. The van der Waals surface area contributed by atoms with Gasteiger partial charge in [0.25, 0.3) is 0 Å². The average Bonchev–Trinajstić information content (AvgIpc) is 2.94. The Morgan fingerprint density at radius 3 is 2.60 bits per heavy atom. The van der Waals surface area contributed by atoms with Gasteiger partial charge in [-0.3, -0.25) is 0 Å². The zero-order valence-corrected chi connectivity index (χ0v) is 12.4. The van der Waals surface area contributed by atoms with E-state index in [0.717, 1.165) is 19.5 Å². The molecule has 110 valence electrons. The molecule has 3 rings (SSSR count). The molecule has 0 aromatic heterocycles. The minimum Gasteiger partial charge on any atom is -0.497 e. The molecule has 0 radical (unpaired) electrons. The minimum absolute atomic E-state index is 0.350. The molecule has 2 saturated heterocycles. The van der Waals surface area contributed by atoms with Crippen molar-refractivity contribution < 1.29 is 13.2 Å². The van der Waals surface area contributed by atoms with Crippen LogP contribution >= 0.6 is 0 Å². The zero-order valence-electron chi connectivity index (χ0n) is 11.6. The third-order valence-electron chi connectivity index (χ3n) is 4.36. The maximum absolute atomic E-state index is 12.6. The highest BCUT2D eigenvalue weighted by atomic mass is 32.2. The SMILES string of the molecule is COc1ccc(S(=O)(=O)N2CCC3CNCC3C2)cc1. The van der Waals surface area contributed by atoms with Gasteiger partial charge in [-0.05, 0) is 55.6 Å². The van der Waals surface area contributed by atoms with Crippen LogP contribution in [0.2, 0.25) is 0 Å². The van der Waals surface area contributed by atoms with E-state index in [-0.39, 0.29) is 0 Å². The van der Waals surface area contributed by atoms with Crippen molar-refractivity contribution in [1.29, 1.82) is 0 Å². The highest BCUT2D eigenvalue weighted by Crippen LogP contribution is 2.30. The first-order valence-corrected chi connectivity index (χ1v) is 8.40. The standard InChI is InChI=1S/C14H20N2O3S/c1-19-13-2-4-14(5-3-13)20(17,18)16-7-6-11-8-15-9-12(11)10-16/h2-5,11-12,15H,6-10H2,1H3. The van der Waals surface area contributed by atoms with Crippen LogP contribution in [0.25, 0.3) is 0 Å². The van der Waals surface area contributed by atoms with E-state index in [0.29, 0.717) is 35.6 Å². The number of sulfonamides is 1. The number of hydrogen-bond donors (Lipinski definition) is 1. The fraction of sp³-hybridized carbons (Fsp3) is 0.571. The molecule has 0 aliphatic carbocycles. The smallest absolute Gasteiger partial charge is 0.243 e. The van der Waals surface area contributed by atoms with Crippen LogP contribution in [-0.2, 0) is 10.0 Å². The minimum atomic E-state index is -3.38. The van der Waals surface area contributed by atoms with Gasteiger partial charge in [-0.2, -0.15) is 4.31 Å². The van der Waals surface area contributed by atoms with Gasteiger partial charge in [0.2, 0.25) is 10.0 Å². The highest BCUT2D eigenvalue weighted by molar-refractivity contribution is 7.89. The molecule has 0 bridgehead atoms. The summed E-state index contributed by atoms with van der Waals surface area (Å²) in [7, 11) is -1.80. The Morgan fingerprint density at radius 2 is 1.90 bits per heavy atom. The first-order valence-electron chi connectivity index (χ1n) is 6.96. The van der Waals surface area contributed by atoms with Crippen molar-refractivity contribution in [3.05, 3.63) is 24.3 Å². The third kappa shape index (κ3) is 2.43. The monoisotopic (exact) mass is 296 g/mol. The van der Waals surface area contributed by atoms with Crippen LogP contribution in [0.4, 0.5) is 0 Å². The molecule has 2 atom stereocenters. The number of rotatable bonds is 3. The molecule has 0 saturated carbocycles. The average molecular weight is 296 g/mol. The number of nitrogens with zero attached hydrogens (tertiary/aromatic N) is 1. The van der Waals surface area contributed by atoms with Gasteiger partial charge in [-0.25, -0.2) is 8.42 Å². The number of hydrogen-bond acceptors (Lipinski definition) is 4. The number of fused-ring (bicyclic) bond motifs is 1. The van der Waals surface area contributed by atoms with Crippen LogP contribution in [-0.4, -0.2) is 46.0 Å². The Labute approximate surface area is 120 Å². The summed E-state index contributed by atoms with van der Waals surface area (Å²) in [4.78, 5) is 0.350. The van der Waals surface area contributed by atoms with Crippen molar-refractivity contribution in [3.63, 3.8) is 0 Å². The van der Waals surface area contributed by atoms with Gasteiger partial charge in [0.15, 0.2) is 0 Å². The van der Waals surface area contributed by atoms with Crippen molar-refractivity contribution in [2.24, 2.45) is 11.8 Å². The van der Waals surface area contributed by atoms with E-state index < -0.39 is 10.0 Å². The summed E-state index contributed by atoms with van der Waals surface area (Å²) in [5.74, 6) is 1.76. The molecule has 2 heterocycles. The number of piperidine rings is 1. The molecule has 1 aromatic carbocycles. The van der Waals surface area contributed by atoms with E-state index in [9.17, 15) is 8.42 Å². The van der Waals surface area contributed by atoms with Crippen LogP contribution in [0.1, 0.15) is 6.42 Å². The topological polar surface area (TPSA) is 58.6 Å². The van der Waals surface area contributed by atoms with E-state index in [1.807, 2.05) is 0 Å². The lowest BCUT2D eigenvalue weighted by Crippen LogP contribution is -2.43. The van der Waals surface area contributed by atoms with Crippen molar-refractivity contribution in [2.75, 3.05) is 33.3 Å². The molecule has 20 heavy (non-hydrogen) atoms. The zero-order chi connectivity index (χ0) is 14.2. The van der Waals surface area contributed by atoms with Crippen LogP contribution < -0.4 is 10.1 Å². The van der Waals surface area contributed by atoms with Crippen molar-refractivity contribution >= 4 is 10.0 Å². The molecule has 1 aromatic rings. The summed E-state index contributed by atoms with van der Waals surface area (Å²) in [6, 6.07) is 6.62. The van der Waals surface area contributed by atoms with Crippen LogP contribution in [0.5, 0.6) is 5.75 Å². The van der Waals surface area contributed by atoms with Crippen LogP contribution in [0.15, 0.2) is 29.2 Å². The Morgan fingerprint density at radius 1 is 1.20 bits per heavy atom. The van der Waals surface area contributed by atoms with Crippen molar-refractivity contribution in [2.45, 2.75) is 11.3 Å². The van der Waals surface area contributed by atoms with Gasteiger partial charge >= 0.3 is 0 Å². The molecule has 2 aliphatic heterocycles. The van der Waals surface area contributed by atoms with Gasteiger partial charge in [-0.1, -0.05) is 0 Å². The van der Waals surface area contributed by atoms with Crippen molar-refractivity contribution in [3.8, 4) is 5.75 Å². The van der Waals surface area contributed by atoms with E-state index >= 15 is 0 Å². The molecule has 6 heteroatoms. The maximum atomic E-state index is 12.6. The molecular formula is C14H20N2O3S. The Kier molecular flexibility index (Phi) is 3.70. The lowest BCUT2D eigenvalue weighted by atomic mass is 9.90. The summed E-state index contributed by atoms with van der Waals surface area (Å²) in [5.41, 5.74) is 0. The molecular weight excluding hydrogens is 276 g/mol. The number of methoxy groups -OCH3 is 1. The highest BCUT2D eigenvalue weighted by Gasteiger charge is 2.37. The Balaban J connectivity index is 1.80. The second-order valence-corrected chi connectivity index (χ2v) is 7.44. The van der Waals surface area contributed by atoms with E-state index in [2.05, 4.69) is 5.32 Å². The first-order chi connectivity index (χ1) is 9.61. The van der Waals surface area contributed by atoms with Crippen molar-refractivity contribution in [1.82, 2.24) is 9.62 Å². The Hall–Kier alpha value is -1.11. The number of ether oxygens (including phenoxy) is 1. The summed E-state index contributed by atoms with van der Waals surface area (Å²) in [6.07, 6.45) is 0.951.